The smallest absolute Gasteiger partial charge is 0.602 e. The first-order valence-corrected chi connectivity index (χ1v) is 7.61. The molecule has 0 aromatic carbocycles. The van der Waals surface area contributed by atoms with Gasteiger partial charge in [-0.15, -0.1) is 0 Å². The summed E-state index contributed by atoms with van der Waals surface area (Å²) in [7, 11) is 0. The van der Waals surface area contributed by atoms with E-state index in [4.69, 9.17) is 16.1 Å². The fourth-order valence-corrected chi connectivity index (χ4v) is 2.52. The summed E-state index contributed by atoms with van der Waals surface area (Å²) in [6.07, 6.45) is 1.49. The number of ether oxygens (including phenoxy) is 1. The van der Waals surface area contributed by atoms with Crippen LogP contribution in [0.5, 0.6) is 0 Å². The minimum atomic E-state index is -2.23. The van der Waals surface area contributed by atoms with Gasteiger partial charge in [-0.05, 0) is 41.5 Å². The van der Waals surface area contributed by atoms with Gasteiger partial charge in [-0.2, -0.15) is 0 Å². The molecule has 1 N–H and O–H groups in total. The van der Waals surface area contributed by atoms with Crippen LogP contribution in [0.1, 0.15) is 41.5 Å². The Balaban J connectivity index is 4.41. The summed E-state index contributed by atoms with van der Waals surface area (Å²) in [6, 6.07) is 0. The fraction of sp³-hybridized carbons (Fsp3) is 0.750. The Bertz CT molecular complexity index is 266. The molecule has 0 fully saturated rings. The Labute approximate surface area is 114 Å². The van der Waals surface area contributed by atoms with Gasteiger partial charge in [0.1, 0.15) is 6.08 Å². The van der Waals surface area contributed by atoms with Crippen molar-refractivity contribution in [2.24, 2.45) is 0 Å². The molecule has 0 saturated heterocycles. The number of rotatable bonds is 8. The van der Waals surface area contributed by atoms with Crippen molar-refractivity contribution in [3.05, 3.63) is 11.8 Å². The van der Waals surface area contributed by atoms with Crippen molar-refractivity contribution in [1.29, 1.82) is 0 Å². The quantitative estimate of drug-likeness (QED) is 0.224. The van der Waals surface area contributed by atoms with E-state index in [9.17, 15) is 4.79 Å². The first-order chi connectivity index (χ1) is 8.35. The predicted molar refractivity (Wildman–Crippen MR) is 71.6 cm³/mol. The van der Waals surface area contributed by atoms with Gasteiger partial charge >= 0.3 is 21.1 Å². The minimum absolute atomic E-state index is 0.0395. The summed E-state index contributed by atoms with van der Waals surface area (Å²) in [5.74, 6) is 0.343. The summed E-state index contributed by atoms with van der Waals surface area (Å²) in [6.45, 7) is 11.6. The van der Waals surface area contributed by atoms with E-state index in [1.165, 1.54) is 6.08 Å². The average Bonchev–Trinajstić information content (AvgIpc) is 2.14. The summed E-state index contributed by atoms with van der Waals surface area (Å²) >= 11 is -2.23. The number of esters is 1. The summed E-state index contributed by atoms with van der Waals surface area (Å²) in [5, 5.41) is 0. The molecule has 0 unspecified atom stereocenters. The van der Waals surface area contributed by atoms with E-state index in [0.717, 1.165) is 0 Å². The van der Waals surface area contributed by atoms with E-state index in [1.807, 2.05) is 27.7 Å². The molecule has 0 amide bonds. The van der Waals surface area contributed by atoms with Crippen molar-refractivity contribution in [3.63, 3.8) is 0 Å². The Kier molecular flexibility index (Phi) is 9.12. The molecular formula is C12H24AlO5+. The largest absolute Gasteiger partial charge is 1.00 e. The van der Waals surface area contributed by atoms with Crippen molar-refractivity contribution in [2.75, 3.05) is 6.61 Å². The van der Waals surface area contributed by atoms with Crippen LogP contribution in [0.15, 0.2) is 11.8 Å². The molecule has 6 heteroatoms. The monoisotopic (exact) mass is 275 g/mol. The second-order valence-corrected chi connectivity index (χ2v) is 5.66. The second-order valence-electron chi connectivity index (χ2n) is 4.30. The molecule has 0 atom stereocenters. The van der Waals surface area contributed by atoms with Crippen molar-refractivity contribution >= 4 is 21.1 Å². The molecule has 0 saturated carbocycles. The third kappa shape index (κ3) is 9.49. The maximum atomic E-state index is 9.37. The molecule has 0 spiro atoms. The molecule has 0 aliphatic rings. The highest BCUT2D eigenvalue weighted by atomic mass is 27.3. The SMILES string of the molecule is CCOC(=[OH+])/C=C(/C)[O][Al]([O]C(C)C)[O]C(C)C. The lowest BCUT2D eigenvalue weighted by Crippen LogP contribution is -2.32. The molecule has 0 bridgehead atoms. The average molecular weight is 275 g/mol. The van der Waals surface area contributed by atoms with Gasteiger partial charge in [-0.25, -0.2) is 0 Å². The van der Waals surface area contributed by atoms with Gasteiger partial charge in [0.2, 0.25) is 0 Å². The van der Waals surface area contributed by atoms with Crippen LogP contribution < -0.4 is 0 Å². The molecule has 18 heavy (non-hydrogen) atoms. The van der Waals surface area contributed by atoms with E-state index in [-0.39, 0.29) is 18.2 Å². The molecule has 0 aromatic heterocycles. The Morgan fingerprint density at radius 3 is 2.06 bits per heavy atom. The van der Waals surface area contributed by atoms with Crippen LogP contribution in [0.4, 0.5) is 0 Å². The van der Waals surface area contributed by atoms with Crippen LogP contribution in [0, 0.1) is 0 Å². The lowest BCUT2D eigenvalue weighted by molar-refractivity contribution is 0.0680. The third-order valence-electron chi connectivity index (χ3n) is 1.67. The van der Waals surface area contributed by atoms with E-state index >= 15 is 0 Å². The molecule has 0 rings (SSSR count). The molecule has 5 nitrogen and oxygen atoms in total. The highest BCUT2D eigenvalue weighted by Gasteiger charge is 2.37. The first kappa shape index (κ1) is 17.5. The first-order valence-electron chi connectivity index (χ1n) is 6.19. The minimum Gasteiger partial charge on any atom is -0.602 e. The fourth-order valence-electron chi connectivity index (χ4n) is 1.08. The van der Waals surface area contributed by atoms with Crippen LogP contribution in [-0.2, 0) is 16.1 Å². The van der Waals surface area contributed by atoms with E-state index < -0.39 is 15.1 Å². The van der Waals surface area contributed by atoms with Crippen molar-refractivity contribution in [1.82, 2.24) is 0 Å². The summed E-state index contributed by atoms with van der Waals surface area (Å²) < 4.78 is 21.7. The number of carbonyl (C=O) groups excluding carboxylic acids is 1. The molecule has 0 aromatic rings. The van der Waals surface area contributed by atoms with Crippen molar-refractivity contribution in [3.8, 4) is 0 Å². The lowest BCUT2D eigenvalue weighted by atomic mass is 10.5. The van der Waals surface area contributed by atoms with E-state index in [2.05, 4.69) is 0 Å². The molecule has 0 aliphatic carbocycles. The van der Waals surface area contributed by atoms with E-state index in [1.54, 1.807) is 13.8 Å². The van der Waals surface area contributed by atoms with Gasteiger partial charge in [0.15, 0.2) is 6.61 Å². The van der Waals surface area contributed by atoms with Crippen LogP contribution in [0.25, 0.3) is 0 Å². The molecule has 104 valence electrons. The topological polar surface area (TPSA) is 58.3 Å². The molecular weight excluding hydrogens is 251 g/mol. The van der Waals surface area contributed by atoms with Gasteiger partial charge in [0.25, 0.3) is 0 Å². The lowest BCUT2D eigenvalue weighted by Gasteiger charge is -2.18. The van der Waals surface area contributed by atoms with Gasteiger partial charge in [-0.3, -0.25) is 0 Å². The Hall–Kier alpha value is -0.538. The third-order valence-corrected chi connectivity index (χ3v) is 3.76. The molecule has 0 radical (unpaired) electrons. The van der Waals surface area contributed by atoms with Crippen molar-refractivity contribution in [2.45, 2.75) is 53.8 Å². The molecule has 0 aliphatic heterocycles. The summed E-state index contributed by atoms with van der Waals surface area (Å²) in [5.41, 5.74) is 0. The highest BCUT2D eigenvalue weighted by molar-refractivity contribution is 6.36. The van der Waals surface area contributed by atoms with E-state index in [0.29, 0.717) is 12.4 Å². The maximum Gasteiger partial charge on any atom is 1.00 e. The van der Waals surface area contributed by atoms with Crippen LogP contribution in [-0.4, -0.2) is 44.7 Å². The Morgan fingerprint density at radius 1 is 1.17 bits per heavy atom. The highest BCUT2D eigenvalue weighted by Crippen LogP contribution is 2.07. The van der Waals surface area contributed by atoms with Crippen LogP contribution in [0.2, 0.25) is 0 Å². The summed E-state index contributed by atoms with van der Waals surface area (Å²) in [4.78, 5) is 9.37. The number of hydrogen-bond donors (Lipinski definition) is 0. The standard InChI is InChI=1S/C6H10O3.2C3H7O.Al/c1-3-9-6(8)4-5(2)7;2*1-3(2)4;/h4,7H,3H2,1-2H3;2*3H,1-2H3;/q;2*-1;+3/b5-4-;;;. The number of hydrogen-bond acceptors (Lipinski definition) is 4. The second kappa shape index (κ2) is 9.40. The number of allylic oxidation sites excluding steroid dienone is 1. The van der Waals surface area contributed by atoms with Gasteiger partial charge in [-0.1, -0.05) is 0 Å². The maximum absolute atomic E-state index is 9.37. The Morgan fingerprint density at radius 2 is 1.67 bits per heavy atom. The van der Waals surface area contributed by atoms with Gasteiger partial charge < -0.3 is 20.9 Å². The normalized spacial score (nSPS) is 11.9. The van der Waals surface area contributed by atoms with Crippen LogP contribution in [0.3, 0.4) is 0 Å². The van der Waals surface area contributed by atoms with Gasteiger partial charge in [0, 0.05) is 12.2 Å². The van der Waals surface area contributed by atoms with Crippen molar-refractivity contribution < 1.29 is 20.9 Å². The zero-order chi connectivity index (χ0) is 14.1. The molecule has 0 heterocycles. The zero-order valence-electron chi connectivity index (χ0n) is 12.1. The zero-order valence-corrected chi connectivity index (χ0v) is 13.3. The van der Waals surface area contributed by atoms with Gasteiger partial charge in [0.05, 0.1) is 5.76 Å². The van der Waals surface area contributed by atoms with Crippen LogP contribution >= 0.6 is 0 Å². The predicted octanol–water partition coefficient (Wildman–Crippen LogP) is 2.28.